The third-order valence-corrected chi connectivity index (χ3v) is 6.86. The molecule has 216 valence electrons. The predicted molar refractivity (Wildman–Crippen MR) is 173 cm³/mol. The van der Waals surface area contributed by atoms with E-state index in [1.54, 1.807) is 10.9 Å². The van der Waals surface area contributed by atoms with Gasteiger partial charge in [-0.1, -0.05) is 91.0 Å². The summed E-state index contributed by atoms with van der Waals surface area (Å²) < 4.78 is 13.4. The quantitative estimate of drug-likeness (QED) is 0.129. The molecule has 44 heavy (non-hydrogen) atoms. The molecular weight excluding hydrogens is 548 g/mol. The second-order valence-electron chi connectivity index (χ2n) is 9.98. The third-order valence-electron chi connectivity index (χ3n) is 6.86. The van der Waals surface area contributed by atoms with Crippen LogP contribution in [0.2, 0.25) is 0 Å². The first-order valence-corrected chi connectivity index (χ1v) is 14.2. The second-order valence-corrected chi connectivity index (χ2v) is 9.98. The monoisotopic (exact) mass is 578 g/mol. The Morgan fingerprint density at radius 2 is 1.25 bits per heavy atom. The topological polar surface area (TPSA) is 77.7 Å². The summed E-state index contributed by atoms with van der Waals surface area (Å²) in [6.07, 6.45) is 3.47. The Hall–Kier alpha value is -5.95. The maximum atomic E-state index is 12.5. The fraction of sp³-hybridized carbons (Fsp3) is 0.0541. The molecule has 0 unspecified atom stereocenters. The van der Waals surface area contributed by atoms with Gasteiger partial charge >= 0.3 is 0 Å². The van der Waals surface area contributed by atoms with Gasteiger partial charge in [0, 0.05) is 17.3 Å². The summed E-state index contributed by atoms with van der Waals surface area (Å²) in [7, 11) is 0. The molecule has 1 amide bonds. The third kappa shape index (κ3) is 7.27. The van der Waals surface area contributed by atoms with Crippen molar-refractivity contribution in [3.63, 3.8) is 0 Å². The van der Waals surface area contributed by atoms with Gasteiger partial charge in [-0.2, -0.15) is 10.2 Å². The van der Waals surface area contributed by atoms with Crippen LogP contribution in [-0.2, 0) is 11.4 Å². The summed E-state index contributed by atoms with van der Waals surface area (Å²) in [6, 6.07) is 45.3. The molecule has 0 atom stereocenters. The summed E-state index contributed by atoms with van der Waals surface area (Å²) >= 11 is 0. The molecule has 1 aromatic heterocycles. The van der Waals surface area contributed by atoms with Gasteiger partial charge in [0.05, 0.1) is 11.9 Å². The minimum absolute atomic E-state index is 0.164. The minimum atomic E-state index is -0.370. The van der Waals surface area contributed by atoms with Gasteiger partial charge in [0.25, 0.3) is 5.91 Å². The van der Waals surface area contributed by atoms with E-state index in [0.29, 0.717) is 12.4 Å². The molecule has 0 fully saturated rings. The molecular formula is C37H30N4O3. The number of amides is 1. The summed E-state index contributed by atoms with van der Waals surface area (Å²) in [5.41, 5.74) is 9.11. The van der Waals surface area contributed by atoms with Crippen LogP contribution < -0.4 is 14.9 Å². The van der Waals surface area contributed by atoms with E-state index in [9.17, 15) is 4.79 Å². The van der Waals surface area contributed by atoms with Gasteiger partial charge in [-0.25, -0.2) is 10.1 Å². The molecule has 0 radical (unpaired) electrons. The zero-order valence-electron chi connectivity index (χ0n) is 23.9. The van der Waals surface area contributed by atoms with Gasteiger partial charge in [0.15, 0.2) is 6.61 Å². The van der Waals surface area contributed by atoms with E-state index in [0.717, 1.165) is 44.9 Å². The number of rotatable bonds is 11. The Kier molecular flexibility index (Phi) is 8.84. The lowest BCUT2D eigenvalue weighted by atomic mass is 10.1. The van der Waals surface area contributed by atoms with Crippen molar-refractivity contribution < 1.29 is 14.3 Å². The molecule has 0 aliphatic rings. The molecule has 7 nitrogen and oxygen atoms in total. The molecule has 0 saturated carbocycles. The number of hydrazone groups is 1. The number of benzene rings is 5. The molecule has 1 N–H and O–H groups in total. The van der Waals surface area contributed by atoms with Crippen LogP contribution in [0.4, 0.5) is 0 Å². The fourth-order valence-electron chi connectivity index (χ4n) is 4.60. The van der Waals surface area contributed by atoms with Crippen LogP contribution in [0.25, 0.3) is 28.1 Å². The van der Waals surface area contributed by atoms with Gasteiger partial charge in [-0.15, -0.1) is 0 Å². The van der Waals surface area contributed by atoms with Gasteiger partial charge in [-0.3, -0.25) is 4.79 Å². The second kappa shape index (κ2) is 13.8. The highest BCUT2D eigenvalue weighted by atomic mass is 16.5. The highest BCUT2D eigenvalue weighted by molar-refractivity contribution is 5.90. The van der Waals surface area contributed by atoms with Crippen molar-refractivity contribution in [2.45, 2.75) is 6.61 Å². The number of hydrogen-bond acceptors (Lipinski definition) is 5. The lowest BCUT2D eigenvalue weighted by Gasteiger charge is -2.07. The predicted octanol–water partition coefficient (Wildman–Crippen LogP) is 7.31. The number of nitrogens with one attached hydrogen (secondary N) is 1. The number of para-hydroxylation sites is 1. The van der Waals surface area contributed by atoms with Crippen LogP contribution in [-0.4, -0.2) is 28.5 Å². The highest BCUT2D eigenvalue weighted by Gasteiger charge is 2.12. The zero-order valence-corrected chi connectivity index (χ0v) is 23.9. The Bertz CT molecular complexity index is 1820. The van der Waals surface area contributed by atoms with Crippen molar-refractivity contribution in [1.29, 1.82) is 0 Å². The number of ether oxygens (including phenoxy) is 2. The molecule has 7 heteroatoms. The van der Waals surface area contributed by atoms with Crippen molar-refractivity contribution >= 4 is 12.1 Å². The molecule has 0 aliphatic carbocycles. The first-order valence-electron chi connectivity index (χ1n) is 14.2. The molecule has 5 aromatic carbocycles. The van der Waals surface area contributed by atoms with Crippen LogP contribution in [0.5, 0.6) is 11.5 Å². The molecule has 6 rings (SSSR count). The van der Waals surface area contributed by atoms with Crippen LogP contribution in [0.15, 0.2) is 151 Å². The molecule has 0 bridgehead atoms. The zero-order chi connectivity index (χ0) is 30.0. The van der Waals surface area contributed by atoms with E-state index in [1.807, 2.05) is 146 Å². The summed E-state index contributed by atoms with van der Waals surface area (Å²) in [5, 5.41) is 9.02. The SMILES string of the molecule is O=C(COc1ccc(-c2ccccc2)cc1)N/N=C/c1cn(-c2ccccc2)nc1-c1ccc(OCc2ccccc2)cc1. The molecule has 6 aromatic rings. The average Bonchev–Trinajstić information content (AvgIpc) is 3.52. The number of carbonyl (C=O) groups is 1. The molecule has 0 saturated heterocycles. The van der Waals surface area contributed by atoms with Crippen molar-refractivity contribution in [3.05, 3.63) is 157 Å². The highest BCUT2D eigenvalue weighted by Crippen LogP contribution is 2.26. The number of hydrogen-bond donors (Lipinski definition) is 1. The lowest BCUT2D eigenvalue weighted by Crippen LogP contribution is -2.24. The van der Waals surface area contributed by atoms with E-state index in [4.69, 9.17) is 14.6 Å². The standard InChI is InChI=1S/C37H30N4O3/c42-36(27-44-35-20-16-30(17-21-35)29-12-6-2-7-13-29)39-38-24-32-25-41(33-14-8-3-9-15-33)40-37(32)31-18-22-34(23-19-31)43-26-28-10-4-1-5-11-28/h1-25H,26-27H2,(H,39,42)/b38-24+. The average molecular weight is 579 g/mol. The minimum Gasteiger partial charge on any atom is -0.489 e. The van der Waals surface area contributed by atoms with Crippen LogP contribution in [0.3, 0.4) is 0 Å². The Morgan fingerprint density at radius 3 is 1.93 bits per heavy atom. The fourth-order valence-corrected chi connectivity index (χ4v) is 4.60. The van der Waals surface area contributed by atoms with Crippen LogP contribution >= 0.6 is 0 Å². The molecule has 0 spiro atoms. The molecule has 0 aliphatic heterocycles. The van der Waals surface area contributed by atoms with E-state index in [1.165, 1.54) is 0 Å². The smallest absolute Gasteiger partial charge is 0.277 e. The van der Waals surface area contributed by atoms with Crippen LogP contribution in [0, 0.1) is 0 Å². The van der Waals surface area contributed by atoms with Gasteiger partial charge < -0.3 is 9.47 Å². The summed E-state index contributed by atoms with van der Waals surface area (Å²) in [6.45, 7) is 0.325. The summed E-state index contributed by atoms with van der Waals surface area (Å²) in [5.74, 6) is 0.994. The van der Waals surface area contributed by atoms with Crippen LogP contribution in [0.1, 0.15) is 11.1 Å². The van der Waals surface area contributed by atoms with Crippen molar-refractivity contribution in [2.24, 2.45) is 5.10 Å². The Labute approximate surface area is 256 Å². The first kappa shape index (κ1) is 28.2. The van der Waals surface area contributed by atoms with E-state index in [-0.39, 0.29) is 12.5 Å². The lowest BCUT2D eigenvalue weighted by molar-refractivity contribution is -0.123. The maximum absolute atomic E-state index is 12.5. The first-order chi connectivity index (χ1) is 21.7. The number of aromatic nitrogens is 2. The van der Waals surface area contributed by atoms with E-state index < -0.39 is 0 Å². The normalized spacial score (nSPS) is 10.9. The number of nitrogens with zero attached hydrogens (tertiary/aromatic N) is 3. The Morgan fingerprint density at radius 1 is 0.682 bits per heavy atom. The van der Waals surface area contributed by atoms with Crippen molar-refractivity contribution in [3.8, 4) is 39.6 Å². The van der Waals surface area contributed by atoms with E-state index >= 15 is 0 Å². The van der Waals surface area contributed by atoms with Gasteiger partial charge in [-0.05, 0) is 65.2 Å². The van der Waals surface area contributed by atoms with Gasteiger partial charge in [0.1, 0.15) is 23.8 Å². The van der Waals surface area contributed by atoms with Gasteiger partial charge in [0.2, 0.25) is 0 Å². The Balaban J connectivity index is 1.11. The van der Waals surface area contributed by atoms with E-state index in [2.05, 4.69) is 10.5 Å². The maximum Gasteiger partial charge on any atom is 0.277 e. The summed E-state index contributed by atoms with van der Waals surface area (Å²) in [4.78, 5) is 12.5. The molecule has 1 heterocycles. The number of carbonyl (C=O) groups excluding carboxylic acids is 1. The van der Waals surface area contributed by atoms with Crippen molar-refractivity contribution in [1.82, 2.24) is 15.2 Å². The largest absolute Gasteiger partial charge is 0.489 e. The van der Waals surface area contributed by atoms with Crippen molar-refractivity contribution in [2.75, 3.05) is 6.61 Å².